The van der Waals surface area contributed by atoms with E-state index in [1.54, 1.807) is 7.05 Å². The summed E-state index contributed by atoms with van der Waals surface area (Å²) < 4.78 is 13.3. The highest BCUT2D eigenvalue weighted by molar-refractivity contribution is 8.15. The van der Waals surface area contributed by atoms with Gasteiger partial charge in [-0.3, -0.25) is 14.5 Å². The Balaban J connectivity index is 1.70. The summed E-state index contributed by atoms with van der Waals surface area (Å²) in [4.78, 5) is 30.7. The monoisotopic (exact) mass is 419 g/mol. The standard InChI is InChI=1S/C20H19ClFN3O2S/c1-11-4-5-12(2)16(8-11)24-18(26)10-17-19(27)25(3)20(28-17)23-13-6-7-15(22)14(21)9-13/h4-9,17H,10H2,1-3H3,(H,24,26). The molecule has 0 spiro atoms. The minimum absolute atomic E-state index is 0.0322. The largest absolute Gasteiger partial charge is 0.326 e. The number of halogens is 2. The van der Waals surface area contributed by atoms with E-state index in [4.69, 9.17) is 11.6 Å². The number of amidine groups is 1. The number of hydrogen-bond acceptors (Lipinski definition) is 4. The summed E-state index contributed by atoms with van der Waals surface area (Å²) in [5.74, 6) is -0.970. The number of thioether (sulfide) groups is 1. The van der Waals surface area contributed by atoms with Crippen molar-refractivity contribution in [1.82, 2.24) is 4.90 Å². The lowest BCUT2D eigenvalue weighted by molar-refractivity contribution is -0.127. The summed E-state index contributed by atoms with van der Waals surface area (Å²) in [7, 11) is 1.60. The Labute approximate surface area is 172 Å². The van der Waals surface area contributed by atoms with Crippen LogP contribution in [0.5, 0.6) is 0 Å². The van der Waals surface area contributed by atoms with Crippen LogP contribution in [-0.4, -0.2) is 34.2 Å². The number of hydrogen-bond donors (Lipinski definition) is 1. The number of aliphatic imine (C=N–C) groups is 1. The van der Waals surface area contributed by atoms with Gasteiger partial charge in [0.15, 0.2) is 5.17 Å². The number of anilines is 1. The van der Waals surface area contributed by atoms with Crippen LogP contribution in [0.4, 0.5) is 15.8 Å². The first kappa shape index (κ1) is 20.4. The van der Waals surface area contributed by atoms with Crippen molar-refractivity contribution in [3.63, 3.8) is 0 Å². The van der Waals surface area contributed by atoms with Gasteiger partial charge in [0, 0.05) is 19.2 Å². The van der Waals surface area contributed by atoms with E-state index in [1.165, 1.54) is 34.9 Å². The van der Waals surface area contributed by atoms with E-state index >= 15 is 0 Å². The van der Waals surface area contributed by atoms with E-state index in [0.717, 1.165) is 16.8 Å². The second-order valence-electron chi connectivity index (χ2n) is 6.57. The van der Waals surface area contributed by atoms with E-state index in [1.807, 2.05) is 32.0 Å². The lowest BCUT2D eigenvalue weighted by Crippen LogP contribution is -2.30. The maximum Gasteiger partial charge on any atom is 0.242 e. The van der Waals surface area contributed by atoms with E-state index in [-0.39, 0.29) is 23.3 Å². The molecule has 1 N–H and O–H groups in total. The van der Waals surface area contributed by atoms with Crippen LogP contribution >= 0.6 is 23.4 Å². The zero-order valence-electron chi connectivity index (χ0n) is 15.6. The Morgan fingerprint density at radius 2 is 2.04 bits per heavy atom. The molecule has 2 aromatic carbocycles. The second kappa shape index (κ2) is 8.32. The van der Waals surface area contributed by atoms with Gasteiger partial charge in [-0.05, 0) is 49.2 Å². The van der Waals surface area contributed by atoms with Gasteiger partial charge in [0.05, 0.1) is 10.7 Å². The molecule has 0 aromatic heterocycles. The van der Waals surface area contributed by atoms with Crippen LogP contribution in [0.1, 0.15) is 17.5 Å². The maximum absolute atomic E-state index is 13.3. The van der Waals surface area contributed by atoms with Gasteiger partial charge in [-0.25, -0.2) is 9.38 Å². The van der Waals surface area contributed by atoms with Crippen molar-refractivity contribution in [1.29, 1.82) is 0 Å². The number of nitrogens with zero attached hydrogens (tertiary/aromatic N) is 2. The summed E-state index contributed by atoms with van der Waals surface area (Å²) in [6.45, 7) is 3.86. The molecule has 8 heteroatoms. The fourth-order valence-corrected chi connectivity index (χ4v) is 4.03. The SMILES string of the molecule is Cc1ccc(C)c(NC(=O)CC2SC(=Nc3ccc(F)c(Cl)c3)N(C)C2=O)c1. The van der Waals surface area contributed by atoms with Crippen molar-refractivity contribution in [2.45, 2.75) is 25.5 Å². The molecule has 1 unspecified atom stereocenters. The Morgan fingerprint density at radius 1 is 1.29 bits per heavy atom. The van der Waals surface area contributed by atoms with Crippen LogP contribution in [-0.2, 0) is 9.59 Å². The van der Waals surface area contributed by atoms with Gasteiger partial charge in [-0.15, -0.1) is 0 Å². The van der Waals surface area contributed by atoms with Gasteiger partial charge in [0.2, 0.25) is 11.8 Å². The summed E-state index contributed by atoms with van der Waals surface area (Å²) >= 11 is 6.98. The maximum atomic E-state index is 13.3. The highest BCUT2D eigenvalue weighted by Gasteiger charge is 2.37. The van der Waals surface area contributed by atoms with E-state index < -0.39 is 11.1 Å². The van der Waals surface area contributed by atoms with Crippen molar-refractivity contribution < 1.29 is 14.0 Å². The summed E-state index contributed by atoms with van der Waals surface area (Å²) in [6, 6.07) is 9.90. The first-order valence-electron chi connectivity index (χ1n) is 8.59. The molecule has 2 amide bonds. The normalized spacial score (nSPS) is 18.0. The second-order valence-corrected chi connectivity index (χ2v) is 8.14. The number of carbonyl (C=O) groups is 2. The third-order valence-electron chi connectivity index (χ3n) is 4.31. The van der Waals surface area contributed by atoms with Crippen LogP contribution in [0.25, 0.3) is 0 Å². The average molecular weight is 420 g/mol. The van der Waals surface area contributed by atoms with Crippen molar-refractivity contribution in [3.8, 4) is 0 Å². The number of amides is 2. The predicted molar refractivity (Wildman–Crippen MR) is 112 cm³/mol. The van der Waals surface area contributed by atoms with Gasteiger partial charge in [0.25, 0.3) is 0 Å². The molecule has 1 aliphatic heterocycles. The molecule has 1 aliphatic rings. The molecule has 28 heavy (non-hydrogen) atoms. The third kappa shape index (κ3) is 4.54. The minimum Gasteiger partial charge on any atom is -0.326 e. The topological polar surface area (TPSA) is 61.8 Å². The summed E-state index contributed by atoms with van der Waals surface area (Å²) in [5.41, 5.74) is 3.17. The van der Waals surface area contributed by atoms with Crippen molar-refractivity contribution in [3.05, 3.63) is 58.4 Å². The van der Waals surface area contributed by atoms with Gasteiger partial charge in [-0.2, -0.15) is 0 Å². The minimum atomic E-state index is -0.565. The first-order chi connectivity index (χ1) is 13.2. The number of nitrogens with one attached hydrogen (secondary N) is 1. The zero-order chi connectivity index (χ0) is 20.4. The number of rotatable bonds is 4. The number of aryl methyl sites for hydroxylation is 2. The summed E-state index contributed by atoms with van der Waals surface area (Å²) in [6.07, 6.45) is 0.0322. The Bertz CT molecular complexity index is 980. The molecule has 0 bridgehead atoms. The molecular weight excluding hydrogens is 401 g/mol. The van der Waals surface area contributed by atoms with Crippen LogP contribution in [0.3, 0.4) is 0 Å². The van der Waals surface area contributed by atoms with Gasteiger partial charge >= 0.3 is 0 Å². The van der Waals surface area contributed by atoms with Crippen LogP contribution in [0, 0.1) is 19.7 Å². The van der Waals surface area contributed by atoms with Crippen LogP contribution in [0.15, 0.2) is 41.4 Å². The highest BCUT2D eigenvalue weighted by atomic mass is 35.5. The molecule has 1 heterocycles. The molecule has 0 aliphatic carbocycles. The van der Waals surface area contributed by atoms with Crippen LogP contribution < -0.4 is 5.32 Å². The average Bonchev–Trinajstić information content (AvgIpc) is 2.89. The van der Waals surface area contributed by atoms with E-state index in [9.17, 15) is 14.0 Å². The third-order valence-corrected chi connectivity index (χ3v) is 5.82. The lowest BCUT2D eigenvalue weighted by atomic mass is 10.1. The van der Waals surface area contributed by atoms with Crippen molar-refractivity contribution in [2.75, 3.05) is 12.4 Å². The molecule has 1 atom stereocenters. The molecule has 2 aromatic rings. The molecule has 3 rings (SSSR count). The fraction of sp³-hybridized carbons (Fsp3) is 0.250. The van der Waals surface area contributed by atoms with Gasteiger partial charge in [-0.1, -0.05) is 35.5 Å². The predicted octanol–water partition coefficient (Wildman–Crippen LogP) is 4.69. The molecule has 1 fully saturated rings. The van der Waals surface area contributed by atoms with Gasteiger partial charge in [0.1, 0.15) is 11.1 Å². The number of benzene rings is 2. The smallest absolute Gasteiger partial charge is 0.242 e. The van der Waals surface area contributed by atoms with E-state index in [0.29, 0.717) is 10.9 Å². The van der Waals surface area contributed by atoms with Crippen molar-refractivity contribution >= 4 is 51.7 Å². The Hall–Kier alpha value is -2.38. The van der Waals surface area contributed by atoms with E-state index in [2.05, 4.69) is 10.3 Å². The molecule has 0 radical (unpaired) electrons. The molecule has 0 saturated carbocycles. The fourth-order valence-electron chi connectivity index (χ4n) is 2.70. The molecule has 1 saturated heterocycles. The lowest BCUT2D eigenvalue weighted by Gasteiger charge is -2.11. The Kier molecular flexibility index (Phi) is 6.05. The first-order valence-corrected chi connectivity index (χ1v) is 9.85. The van der Waals surface area contributed by atoms with Crippen molar-refractivity contribution in [2.24, 2.45) is 4.99 Å². The van der Waals surface area contributed by atoms with Crippen LogP contribution in [0.2, 0.25) is 5.02 Å². The zero-order valence-corrected chi connectivity index (χ0v) is 17.2. The summed E-state index contributed by atoms with van der Waals surface area (Å²) in [5, 5.41) is 2.71. The van der Waals surface area contributed by atoms with Gasteiger partial charge < -0.3 is 5.32 Å². The quantitative estimate of drug-likeness (QED) is 0.782. The highest BCUT2D eigenvalue weighted by Crippen LogP contribution is 2.32. The molecule has 5 nitrogen and oxygen atoms in total. The molecule has 146 valence electrons. The number of carbonyl (C=O) groups excluding carboxylic acids is 2. The molecular formula is C20H19ClFN3O2S. The Morgan fingerprint density at radius 3 is 2.75 bits per heavy atom.